The van der Waals surface area contributed by atoms with Crippen LogP contribution in [0.1, 0.15) is 51.6 Å². The lowest BCUT2D eigenvalue weighted by molar-refractivity contribution is 0.206. The Kier molecular flexibility index (Phi) is 12.5. The van der Waals surface area contributed by atoms with Crippen molar-refractivity contribution in [2.45, 2.75) is 65.5 Å². The van der Waals surface area contributed by atoms with E-state index in [1.807, 2.05) is 23.6 Å². The second-order valence-corrected chi connectivity index (χ2v) is 7.39. The average molecular weight is 503 g/mol. The molecule has 1 aliphatic rings. The van der Waals surface area contributed by atoms with Gasteiger partial charge in [-0.2, -0.15) is 0 Å². The summed E-state index contributed by atoms with van der Waals surface area (Å²) in [7, 11) is 0. The van der Waals surface area contributed by atoms with Gasteiger partial charge in [-0.15, -0.1) is 24.0 Å². The first-order chi connectivity index (χ1) is 13.1. The highest BCUT2D eigenvalue weighted by Crippen LogP contribution is 2.10. The summed E-state index contributed by atoms with van der Waals surface area (Å²) in [6.45, 7) is 12.3. The van der Waals surface area contributed by atoms with E-state index < -0.39 is 0 Å². The third-order valence-electron chi connectivity index (χ3n) is 5.14. The number of guanidine groups is 1. The second kappa shape index (κ2) is 14.0. The van der Waals surface area contributed by atoms with Gasteiger partial charge in [-0.1, -0.05) is 13.0 Å². The van der Waals surface area contributed by atoms with E-state index >= 15 is 0 Å². The van der Waals surface area contributed by atoms with Gasteiger partial charge in [-0.25, -0.2) is 0 Å². The molecule has 0 aliphatic carbocycles. The van der Waals surface area contributed by atoms with Crippen LogP contribution < -0.4 is 16.2 Å². The SMILES string of the molecule is CCCN1CCC(NC(=NCCCCn2c(C)cccc2=O)NCC)CC1.I. The summed E-state index contributed by atoms with van der Waals surface area (Å²) in [4.78, 5) is 19.2. The highest BCUT2D eigenvalue weighted by molar-refractivity contribution is 14.0. The van der Waals surface area contributed by atoms with Crippen LogP contribution >= 0.6 is 24.0 Å². The van der Waals surface area contributed by atoms with Crippen LogP contribution in [0.5, 0.6) is 0 Å². The van der Waals surface area contributed by atoms with E-state index in [4.69, 9.17) is 4.99 Å². The molecule has 6 nitrogen and oxygen atoms in total. The Hall–Kier alpha value is -1.09. The Morgan fingerprint density at radius 3 is 2.57 bits per heavy atom. The number of pyridine rings is 1. The number of likely N-dealkylation sites (tertiary alicyclic amines) is 1. The fraction of sp³-hybridized carbons (Fsp3) is 0.714. The molecular formula is C21H38IN5O. The van der Waals surface area contributed by atoms with Gasteiger partial charge in [0, 0.05) is 50.5 Å². The Morgan fingerprint density at radius 2 is 1.93 bits per heavy atom. The van der Waals surface area contributed by atoms with Crippen LogP contribution in [-0.2, 0) is 6.54 Å². The number of piperidine rings is 1. The van der Waals surface area contributed by atoms with Crippen molar-refractivity contribution in [3.63, 3.8) is 0 Å². The molecule has 0 amide bonds. The van der Waals surface area contributed by atoms with Gasteiger partial charge in [0.1, 0.15) is 0 Å². The number of hydrogen-bond acceptors (Lipinski definition) is 3. The molecule has 0 unspecified atom stereocenters. The van der Waals surface area contributed by atoms with Gasteiger partial charge in [-0.3, -0.25) is 9.79 Å². The van der Waals surface area contributed by atoms with Crippen molar-refractivity contribution in [3.8, 4) is 0 Å². The number of unbranched alkanes of at least 4 members (excludes halogenated alkanes) is 1. The van der Waals surface area contributed by atoms with E-state index in [1.54, 1.807) is 6.07 Å². The van der Waals surface area contributed by atoms with E-state index in [2.05, 4.69) is 29.4 Å². The maximum Gasteiger partial charge on any atom is 0.250 e. The molecule has 1 aromatic heterocycles. The highest BCUT2D eigenvalue weighted by Gasteiger charge is 2.19. The number of nitrogens with one attached hydrogen (secondary N) is 2. The normalized spacial score (nSPS) is 15.9. The fourth-order valence-corrected chi connectivity index (χ4v) is 3.61. The predicted octanol–water partition coefficient (Wildman–Crippen LogP) is 2.98. The predicted molar refractivity (Wildman–Crippen MR) is 129 cm³/mol. The van der Waals surface area contributed by atoms with Crippen LogP contribution in [-0.4, -0.2) is 54.2 Å². The third-order valence-corrected chi connectivity index (χ3v) is 5.14. The van der Waals surface area contributed by atoms with E-state index in [0.717, 1.165) is 44.1 Å². The topological polar surface area (TPSA) is 61.7 Å². The first-order valence-electron chi connectivity index (χ1n) is 10.6. The van der Waals surface area contributed by atoms with Gasteiger partial charge in [0.25, 0.3) is 5.56 Å². The molecule has 7 heteroatoms. The van der Waals surface area contributed by atoms with Gasteiger partial charge < -0.3 is 20.1 Å². The molecule has 1 aliphatic heterocycles. The molecule has 2 heterocycles. The molecule has 1 aromatic rings. The minimum absolute atomic E-state index is 0. The number of nitrogens with zero attached hydrogens (tertiary/aromatic N) is 3. The van der Waals surface area contributed by atoms with E-state index in [1.165, 1.54) is 38.9 Å². The minimum Gasteiger partial charge on any atom is -0.357 e. The van der Waals surface area contributed by atoms with Gasteiger partial charge >= 0.3 is 0 Å². The van der Waals surface area contributed by atoms with Gasteiger partial charge in [-0.05, 0) is 58.6 Å². The van der Waals surface area contributed by atoms with Crippen LogP contribution in [0.15, 0.2) is 28.0 Å². The van der Waals surface area contributed by atoms with Gasteiger partial charge in [0.05, 0.1) is 0 Å². The smallest absolute Gasteiger partial charge is 0.250 e. The van der Waals surface area contributed by atoms with E-state index in [-0.39, 0.29) is 29.5 Å². The minimum atomic E-state index is 0. The quantitative estimate of drug-likeness (QED) is 0.236. The van der Waals surface area contributed by atoms with E-state index in [0.29, 0.717) is 6.04 Å². The average Bonchev–Trinajstić information content (AvgIpc) is 2.65. The second-order valence-electron chi connectivity index (χ2n) is 7.39. The summed E-state index contributed by atoms with van der Waals surface area (Å²) < 4.78 is 1.84. The number of rotatable bonds is 9. The van der Waals surface area contributed by atoms with Crippen LogP contribution in [0, 0.1) is 6.92 Å². The summed E-state index contributed by atoms with van der Waals surface area (Å²) >= 11 is 0. The summed E-state index contributed by atoms with van der Waals surface area (Å²) in [5, 5.41) is 6.97. The Bertz CT molecular complexity index is 638. The molecular weight excluding hydrogens is 465 g/mol. The van der Waals surface area contributed by atoms with Crippen LogP contribution in [0.3, 0.4) is 0 Å². The lowest BCUT2D eigenvalue weighted by Gasteiger charge is -2.32. The molecule has 0 spiro atoms. The lowest BCUT2D eigenvalue weighted by Crippen LogP contribution is -2.48. The standard InChI is InChI=1S/C21H37N5O.HI/c1-4-14-25-16-11-19(12-17-25)24-21(22-5-2)23-13-6-7-15-26-18(3)9-8-10-20(26)27;/h8-10,19H,4-7,11-17H2,1-3H3,(H2,22,23,24);1H. The molecule has 0 radical (unpaired) electrons. The van der Waals surface area contributed by atoms with Crippen molar-refractivity contribution in [2.75, 3.05) is 32.7 Å². The Balaban J connectivity index is 0.00000392. The molecule has 0 aromatic carbocycles. The van der Waals surface area contributed by atoms with Crippen molar-refractivity contribution in [3.05, 3.63) is 34.2 Å². The largest absolute Gasteiger partial charge is 0.357 e. The Morgan fingerprint density at radius 1 is 1.18 bits per heavy atom. The number of aromatic nitrogens is 1. The molecule has 0 bridgehead atoms. The number of hydrogen-bond donors (Lipinski definition) is 2. The fourth-order valence-electron chi connectivity index (χ4n) is 3.61. The summed E-state index contributed by atoms with van der Waals surface area (Å²) in [6.07, 6.45) is 5.54. The van der Waals surface area contributed by atoms with Gasteiger partial charge in [0.2, 0.25) is 0 Å². The monoisotopic (exact) mass is 503 g/mol. The summed E-state index contributed by atoms with van der Waals surface area (Å²) in [5.41, 5.74) is 1.11. The van der Waals surface area contributed by atoms with Crippen molar-refractivity contribution in [1.82, 2.24) is 20.1 Å². The van der Waals surface area contributed by atoms with Crippen LogP contribution in [0.25, 0.3) is 0 Å². The molecule has 28 heavy (non-hydrogen) atoms. The maximum absolute atomic E-state index is 11.9. The molecule has 2 rings (SSSR count). The van der Waals surface area contributed by atoms with Crippen molar-refractivity contribution >= 4 is 29.9 Å². The van der Waals surface area contributed by atoms with Crippen molar-refractivity contribution < 1.29 is 0 Å². The van der Waals surface area contributed by atoms with Gasteiger partial charge in [0.15, 0.2) is 5.96 Å². The lowest BCUT2D eigenvalue weighted by atomic mass is 10.1. The summed E-state index contributed by atoms with van der Waals surface area (Å²) in [5.74, 6) is 0.930. The number of aliphatic imine (C=N–C) groups is 1. The number of aryl methyl sites for hydroxylation is 1. The van der Waals surface area contributed by atoms with Crippen LogP contribution in [0.4, 0.5) is 0 Å². The first-order valence-corrected chi connectivity index (χ1v) is 10.6. The molecule has 160 valence electrons. The highest BCUT2D eigenvalue weighted by atomic mass is 127. The molecule has 1 fully saturated rings. The number of halogens is 1. The maximum atomic E-state index is 11.9. The van der Waals surface area contributed by atoms with E-state index in [9.17, 15) is 4.79 Å². The zero-order chi connectivity index (χ0) is 19.5. The zero-order valence-electron chi connectivity index (χ0n) is 17.7. The molecule has 0 saturated carbocycles. The van der Waals surface area contributed by atoms with Crippen molar-refractivity contribution in [2.24, 2.45) is 4.99 Å². The first kappa shape index (κ1) is 24.9. The third kappa shape index (κ3) is 8.51. The summed E-state index contributed by atoms with van der Waals surface area (Å²) in [6, 6.07) is 5.95. The molecule has 2 N–H and O–H groups in total. The molecule has 0 atom stereocenters. The Labute approximate surface area is 187 Å². The molecule has 1 saturated heterocycles. The zero-order valence-corrected chi connectivity index (χ0v) is 20.1. The van der Waals surface area contributed by atoms with Crippen LogP contribution in [0.2, 0.25) is 0 Å². The van der Waals surface area contributed by atoms with Crippen molar-refractivity contribution in [1.29, 1.82) is 0 Å².